The molecule has 1 heterocycles. The molecule has 1 aliphatic rings. The largest absolute Gasteiger partial charge is 0.390 e. The Morgan fingerprint density at radius 3 is 2.33 bits per heavy atom. The summed E-state index contributed by atoms with van der Waals surface area (Å²) in [4.78, 5) is 2.47. The molecule has 2 N–H and O–H groups in total. The van der Waals surface area contributed by atoms with Crippen LogP contribution in [0, 0.1) is 5.41 Å². The van der Waals surface area contributed by atoms with Crippen molar-refractivity contribution < 1.29 is 5.11 Å². The van der Waals surface area contributed by atoms with Crippen molar-refractivity contribution in [3.63, 3.8) is 0 Å². The Bertz CT molecular complexity index is 192. The van der Waals surface area contributed by atoms with Crippen molar-refractivity contribution in [2.45, 2.75) is 39.2 Å². The molecule has 1 saturated heterocycles. The van der Waals surface area contributed by atoms with Gasteiger partial charge in [0.1, 0.15) is 0 Å². The third-order valence-electron chi connectivity index (χ3n) is 3.24. The van der Waals surface area contributed by atoms with Crippen LogP contribution < -0.4 is 5.32 Å². The Morgan fingerprint density at radius 2 is 1.87 bits per heavy atom. The van der Waals surface area contributed by atoms with E-state index < -0.39 is 5.60 Å². The minimum atomic E-state index is -0.427. The maximum Gasteiger partial charge on any atom is 0.0644 e. The van der Waals surface area contributed by atoms with Crippen LogP contribution in [0.25, 0.3) is 0 Å². The van der Waals surface area contributed by atoms with Gasteiger partial charge in [-0.2, -0.15) is 0 Å². The van der Waals surface area contributed by atoms with E-state index >= 15 is 0 Å². The summed E-state index contributed by atoms with van der Waals surface area (Å²) < 4.78 is 0. The molecule has 1 fully saturated rings. The molecule has 0 unspecified atom stereocenters. The molecule has 3 heteroatoms. The van der Waals surface area contributed by atoms with Gasteiger partial charge >= 0.3 is 0 Å². The second-order valence-corrected chi connectivity index (χ2v) is 5.97. The van der Waals surface area contributed by atoms with E-state index in [9.17, 15) is 5.11 Å². The maximum absolute atomic E-state index is 9.85. The highest BCUT2D eigenvalue weighted by Crippen LogP contribution is 2.24. The first-order valence-corrected chi connectivity index (χ1v) is 5.94. The number of hydrogen-bond acceptors (Lipinski definition) is 3. The molecule has 0 bridgehead atoms. The van der Waals surface area contributed by atoms with Crippen LogP contribution in [0.1, 0.15) is 33.6 Å². The molecular weight excluding hydrogens is 188 g/mol. The van der Waals surface area contributed by atoms with E-state index in [0.29, 0.717) is 5.41 Å². The number of aliphatic hydroxyl groups is 1. The predicted molar refractivity (Wildman–Crippen MR) is 64.0 cm³/mol. The van der Waals surface area contributed by atoms with Crippen molar-refractivity contribution in [2.24, 2.45) is 5.41 Å². The van der Waals surface area contributed by atoms with Gasteiger partial charge in [-0.3, -0.25) is 0 Å². The van der Waals surface area contributed by atoms with E-state index in [4.69, 9.17) is 0 Å². The lowest BCUT2D eigenvalue weighted by Gasteiger charge is -2.39. The molecule has 0 aromatic carbocycles. The first-order chi connectivity index (χ1) is 6.85. The zero-order valence-electron chi connectivity index (χ0n) is 10.6. The molecule has 1 rings (SSSR count). The van der Waals surface area contributed by atoms with Gasteiger partial charge in [0.15, 0.2) is 0 Å². The third kappa shape index (κ3) is 4.49. The van der Waals surface area contributed by atoms with Crippen molar-refractivity contribution in [2.75, 3.05) is 33.2 Å². The highest BCUT2D eigenvalue weighted by atomic mass is 16.3. The van der Waals surface area contributed by atoms with Gasteiger partial charge in [-0.1, -0.05) is 13.8 Å². The molecule has 0 saturated carbocycles. The summed E-state index contributed by atoms with van der Waals surface area (Å²) in [6.07, 6.45) is 1.81. The molecule has 0 aromatic rings. The van der Waals surface area contributed by atoms with Gasteiger partial charge in [0.2, 0.25) is 0 Å². The molecule has 3 nitrogen and oxygen atoms in total. The minimum absolute atomic E-state index is 0.317. The van der Waals surface area contributed by atoms with Crippen LogP contribution in [0.5, 0.6) is 0 Å². The quantitative estimate of drug-likeness (QED) is 0.735. The van der Waals surface area contributed by atoms with Crippen LogP contribution in [0.15, 0.2) is 0 Å². The Hall–Kier alpha value is -0.120. The van der Waals surface area contributed by atoms with Crippen molar-refractivity contribution in [1.82, 2.24) is 10.2 Å². The molecule has 15 heavy (non-hydrogen) atoms. The topological polar surface area (TPSA) is 35.5 Å². The number of piperidine rings is 1. The lowest BCUT2D eigenvalue weighted by atomic mass is 9.89. The monoisotopic (exact) mass is 214 g/mol. The van der Waals surface area contributed by atoms with Crippen molar-refractivity contribution in [3.05, 3.63) is 0 Å². The summed E-state index contributed by atoms with van der Waals surface area (Å²) in [5.41, 5.74) is -0.110. The van der Waals surface area contributed by atoms with Gasteiger partial charge in [0.05, 0.1) is 5.60 Å². The number of likely N-dealkylation sites (tertiary alicyclic amines) is 1. The lowest BCUT2D eigenvalue weighted by molar-refractivity contribution is -0.0132. The Kier molecular flexibility index (Phi) is 4.15. The summed E-state index contributed by atoms with van der Waals surface area (Å²) in [5.74, 6) is 0. The van der Waals surface area contributed by atoms with Gasteiger partial charge in [-0.05, 0) is 32.2 Å². The summed E-state index contributed by atoms with van der Waals surface area (Å²) in [6.45, 7) is 10.7. The summed E-state index contributed by atoms with van der Waals surface area (Å²) in [7, 11) is 2.00. The fraction of sp³-hybridized carbons (Fsp3) is 1.00. The van der Waals surface area contributed by atoms with Gasteiger partial charge in [0.25, 0.3) is 0 Å². The van der Waals surface area contributed by atoms with Gasteiger partial charge in [-0.25, -0.2) is 0 Å². The zero-order chi connectivity index (χ0) is 11.5. The molecule has 0 spiro atoms. The maximum atomic E-state index is 9.85. The zero-order valence-corrected chi connectivity index (χ0v) is 10.6. The van der Waals surface area contributed by atoms with E-state index in [2.05, 4.69) is 24.1 Å². The van der Waals surface area contributed by atoms with Crippen LogP contribution in [-0.2, 0) is 0 Å². The summed E-state index contributed by atoms with van der Waals surface area (Å²) in [5, 5.41) is 13.1. The summed E-state index contributed by atoms with van der Waals surface area (Å²) >= 11 is 0. The molecule has 1 aliphatic heterocycles. The number of nitrogens with zero attached hydrogens (tertiary/aromatic N) is 1. The van der Waals surface area contributed by atoms with E-state index in [1.807, 2.05) is 14.0 Å². The van der Waals surface area contributed by atoms with Crippen LogP contribution in [0.3, 0.4) is 0 Å². The number of hydrogen-bond donors (Lipinski definition) is 2. The van der Waals surface area contributed by atoms with Gasteiger partial charge in [0, 0.05) is 26.2 Å². The smallest absolute Gasteiger partial charge is 0.0644 e. The van der Waals surface area contributed by atoms with Crippen molar-refractivity contribution in [3.8, 4) is 0 Å². The minimum Gasteiger partial charge on any atom is -0.390 e. The van der Waals surface area contributed by atoms with Crippen LogP contribution in [-0.4, -0.2) is 48.8 Å². The molecule has 90 valence electrons. The van der Waals surface area contributed by atoms with Gasteiger partial charge in [-0.15, -0.1) is 0 Å². The SMILES string of the molecule is CNCC(C)(C)CN1CCC(C)(O)CC1. The van der Waals surface area contributed by atoms with E-state index in [1.54, 1.807) is 0 Å². The standard InChI is InChI=1S/C12H26N2O/c1-11(2,9-13-4)10-14-7-5-12(3,15)6-8-14/h13,15H,5-10H2,1-4H3. The highest BCUT2D eigenvalue weighted by molar-refractivity contribution is 4.84. The molecule has 0 aliphatic carbocycles. The van der Waals surface area contributed by atoms with E-state index in [-0.39, 0.29) is 0 Å². The van der Waals surface area contributed by atoms with Gasteiger partial charge < -0.3 is 15.3 Å². The van der Waals surface area contributed by atoms with Crippen LogP contribution in [0.4, 0.5) is 0 Å². The fourth-order valence-corrected chi connectivity index (χ4v) is 2.33. The summed E-state index contributed by atoms with van der Waals surface area (Å²) in [6, 6.07) is 0. The molecular formula is C12H26N2O. The van der Waals surface area contributed by atoms with E-state index in [1.165, 1.54) is 0 Å². The van der Waals surface area contributed by atoms with Crippen molar-refractivity contribution in [1.29, 1.82) is 0 Å². The van der Waals surface area contributed by atoms with Crippen LogP contribution >= 0.6 is 0 Å². The fourth-order valence-electron chi connectivity index (χ4n) is 2.33. The van der Waals surface area contributed by atoms with E-state index in [0.717, 1.165) is 39.0 Å². The molecule has 0 amide bonds. The predicted octanol–water partition coefficient (Wildman–Crippen LogP) is 1.08. The van der Waals surface area contributed by atoms with Crippen molar-refractivity contribution >= 4 is 0 Å². The first kappa shape index (κ1) is 12.9. The molecule has 0 radical (unpaired) electrons. The highest BCUT2D eigenvalue weighted by Gasteiger charge is 2.29. The average Bonchev–Trinajstić information content (AvgIpc) is 2.08. The average molecular weight is 214 g/mol. The lowest BCUT2D eigenvalue weighted by Crippen LogP contribution is -2.47. The first-order valence-electron chi connectivity index (χ1n) is 5.94. The normalized spacial score (nSPS) is 23.0. The molecule has 0 atom stereocenters. The second-order valence-electron chi connectivity index (χ2n) is 5.97. The number of rotatable bonds is 4. The second kappa shape index (κ2) is 4.81. The third-order valence-corrected chi connectivity index (χ3v) is 3.24. The van der Waals surface area contributed by atoms with Crippen LogP contribution in [0.2, 0.25) is 0 Å². The Morgan fingerprint density at radius 1 is 1.33 bits per heavy atom. The molecule has 0 aromatic heterocycles. The Balaban J connectivity index is 2.35. The number of nitrogens with one attached hydrogen (secondary N) is 1. The Labute approximate surface area is 93.9 Å².